The Balaban J connectivity index is 0.000000514. The summed E-state index contributed by atoms with van der Waals surface area (Å²) < 4.78 is 0. The lowest BCUT2D eigenvalue weighted by molar-refractivity contribution is 0.175. The van der Waals surface area contributed by atoms with Crippen LogP contribution in [0.15, 0.2) is 24.3 Å². The number of likely N-dealkylation sites (N-methyl/N-ethyl adjacent to an activating group) is 1. The maximum atomic E-state index is 2.51. The summed E-state index contributed by atoms with van der Waals surface area (Å²) in [6, 6.07) is 9.07. The molecule has 1 fully saturated rings. The normalized spacial score (nSPS) is 27.5. The number of rotatable bonds is 0. The van der Waals surface area contributed by atoms with Crippen molar-refractivity contribution in [2.45, 2.75) is 44.9 Å². The first-order chi connectivity index (χ1) is 8.30. The molecule has 3 rings (SSSR count). The largest absolute Gasteiger partial charge is 0.305 e. The van der Waals surface area contributed by atoms with Gasteiger partial charge in [0.15, 0.2) is 0 Å². The summed E-state index contributed by atoms with van der Waals surface area (Å²) in [5.74, 6) is 0. The van der Waals surface area contributed by atoms with E-state index in [1.165, 1.54) is 38.8 Å². The van der Waals surface area contributed by atoms with Crippen LogP contribution >= 0.6 is 0 Å². The Morgan fingerprint density at radius 3 is 2.65 bits per heavy atom. The predicted octanol–water partition coefficient (Wildman–Crippen LogP) is 3.62. The van der Waals surface area contributed by atoms with Gasteiger partial charge in [-0.05, 0) is 50.4 Å². The second kappa shape index (κ2) is 5.22. The molecule has 0 amide bonds. The second-order valence-electron chi connectivity index (χ2n) is 5.28. The van der Waals surface area contributed by atoms with Crippen LogP contribution in [-0.4, -0.2) is 25.0 Å². The number of aryl methyl sites for hydroxylation is 1. The van der Waals surface area contributed by atoms with Gasteiger partial charge in [-0.15, -0.1) is 0 Å². The predicted molar refractivity (Wildman–Crippen MR) is 74.5 cm³/mol. The summed E-state index contributed by atoms with van der Waals surface area (Å²) >= 11 is 0. The molecule has 0 N–H and O–H groups in total. The Morgan fingerprint density at radius 1 is 1.12 bits per heavy atom. The fourth-order valence-electron chi connectivity index (χ4n) is 3.55. The van der Waals surface area contributed by atoms with Gasteiger partial charge in [0.05, 0.1) is 0 Å². The summed E-state index contributed by atoms with van der Waals surface area (Å²) in [5.41, 5.74) is 3.76. The van der Waals surface area contributed by atoms with E-state index in [2.05, 4.69) is 36.2 Å². The van der Waals surface area contributed by atoms with Crippen LogP contribution in [0.3, 0.4) is 0 Å². The minimum atomic E-state index is 0.504. The van der Waals surface area contributed by atoms with Gasteiger partial charge in [0.2, 0.25) is 0 Å². The number of piperidine rings is 1. The highest BCUT2D eigenvalue weighted by Crippen LogP contribution is 2.44. The van der Waals surface area contributed by atoms with E-state index in [1.54, 1.807) is 11.1 Å². The van der Waals surface area contributed by atoms with Crippen LogP contribution in [0.1, 0.15) is 44.2 Å². The van der Waals surface area contributed by atoms with Crippen LogP contribution in [0.2, 0.25) is 0 Å². The molecule has 94 valence electrons. The third kappa shape index (κ3) is 2.26. The zero-order chi connectivity index (χ0) is 12.3. The van der Waals surface area contributed by atoms with Crippen molar-refractivity contribution in [3.63, 3.8) is 0 Å². The van der Waals surface area contributed by atoms with Crippen molar-refractivity contribution >= 4 is 0 Å². The Labute approximate surface area is 106 Å². The molecule has 17 heavy (non-hydrogen) atoms. The van der Waals surface area contributed by atoms with Gasteiger partial charge in [-0.25, -0.2) is 0 Å². The fourth-order valence-corrected chi connectivity index (χ4v) is 3.55. The lowest BCUT2D eigenvalue weighted by atomic mass is 9.75. The van der Waals surface area contributed by atoms with Gasteiger partial charge in [0, 0.05) is 12.0 Å². The van der Waals surface area contributed by atoms with Crippen molar-refractivity contribution < 1.29 is 0 Å². The fraction of sp³-hybridized carbons (Fsp3) is 0.625. The monoisotopic (exact) mass is 231 g/mol. The Morgan fingerprint density at radius 2 is 1.88 bits per heavy atom. The third-order valence-corrected chi connectivity index (χ3v) is 4.23. The molecule has 1 unspecified atom stereocenters. The molecule has 1 aliphatic carbocycles. The van der Waals surface area contributed by atoms with Gasteiger partial charge < -0.3 is 4.90 Å². The standard InChI is InChI=1S/C14H19N.C2H6/c1-15-10-4-8-14(11-15)9-7-12-5-2-3-6-13(12)14;1-2/h2-3,5-6H,4,7-11H2,1H3;1-2H3. The first kappa shape index (κ1) is 12.6. The van der Waals surface area contributed by atoms with Gasteiger partial charge in [0.1, 0.15) is 0 Å². The minimum absolute atomic E-state index is 0.504. The molecule has 2 aliphatic rings. The highest BCUT2D eigenvalue weighted by Gasteiger charge is 2.40. The smallest absolute Gasteiger partial charge is 0.00865 e. The molecule has 1 aromatic carbocycles. The average Bonchev–Trinajstić information content (AvgIpc) is 2.71. The quantitative estimate of drug-likeness (QED) is 0.659. The molecule has 0 bridgehead atoms. The molecule has 0 aromatic heterocycles. The summed E-state index contributed by atoms with van der Waals surface area (Å²) in [6.07, 6.45) is 5.43. The average molecular weight is 231 g/mol. The van der Waals surface area contributed by atoms with E-state index in [0.29, 0.717) is 5.41 Å². The van der Waals surface area contributed by atoms with Crippen LogP contribution in [0.4, 0.5) is 0 Å². The van der Waals surface area contributed by atoms with Crippen LogP contribution in [0, 0.1) is 0 Å². The van der Waals surface area contributed by atoms with Crippen molar-refractivity contribution in [2.24, 2.45) is 0 Å². The molecule has 1 spiro atoms. The van der Waals surface area contributed by atoms with E-state index in [0.717, 1.165) is 0 Å². The lowest BCUT2D eigenvalue weighted by Gasteiger charge is -2.39. The number of fused-ring (bicyclic) bond motifs is 2. The van der Waals surface area contributed by atoms with E-state index < -0.39 is 0 Å². The van der Waals surface area contributed by atoms with Crippen molar-refractivity contribution in [2.75, 3.05) is 20.1 Å². The first-order valence-electron chi connectivity index (χ1n) is 7.07. The van der Waals surface area contributed by atoms with E-state index in [1.807, 2.05) is 13.8 Å². The highest BCUT2D eigenvalue weighted by atomic mass is 15.1. The van der Waals surface area contributed by atoms with Gasteiger partial charge in [-0.2, -0.15) is 0 Å². The summed E-state index contributed by atoms with van der Waals surface area (Å²) in [5, 5.41) is 0. The third-order valence-electron chi connectivity index (χ3n) is 4.23. The molecule has 1 nitrogen and oxygen atoms in total. The molecule has 1 aromatic rings. The maximum absolute atomic E-state index is 2.51. The summed E-state index contributed by atoms with van der Waals surface area (Å²) in [7, 11) is 2.27. The Bertz CT molecular complexity index is 368. The van der Waals surface area contributed by atoms with Crippen molar-refractivity contribution in [3.05, 3.63) is 35.4 Å². The number of hydrogen-bond acceptors (Lipinski definition) is 1. The number of likely N-dealkylation sites (tertiary alicyclic amines) is 1. The highest BCUT2D eigenvalue weighted by molar-refractivity contribution is 5.40. The van der Waals surface area contributed by atoms with Gasteiger partial charge in [-0.1, -0.05) is 38.1 Å². The zero-order valence-electron chi connectivity index (χ0n) is 11.5. The van der Waals surface area contributed by atoms with E-state index in [-0.39, 0.29) is 0 Å². The Kier molecular flexibility index (Phi) is 3.88. The van der Waals surface area contributed by atoms with Crippen molar-refractivity contribution in [3.8, 4) is 0 Å². The first-order valence-corrected chi connectivity index (χ1v) is 7.07. The van der Waals surface area contributed by atoms with Gasteiger partial charge >= 0.3 is 0 Å². The molecule has 1 saturated heterocycles. The van der Waals surface area contributed by atoms with Crippen LogP contribution < -0.4 is 0 Å². The summed E-state index contributed by atoms with van der Waals surface area (Å²) in [4.78, 5) is 2.51. The Hall–Kier alpha value is -0.820. The molecule has 1 aliphatic heterocycles. The molecule has 1 heteroatoms. The van der Waals surface area contributed by atoms with E-state index in [9.17, 15) is 0 Å². The molecule has 0 saturated carbocycles. The summed E-state index contributed by atoms with van der Waals surface area (Å²) in [6.45, 7) is 6.55. The van der Waals surface area contributed by atoms with Gasteiger partial charge in [-0.3, -0.25) is 0 Å². The number of hydrogen-bond donors (Lipinski definition) is 0. The van der Waals surface area contributed by atoms with E-state index >= 15 is 0 Å². The van der Waals surface area contributed by atoms with Crippen molar-refractivity contribution in [1.29, 1.82) is 0 Å². The molecule has 1 heterocycles. The second-order valence-corrected chi connectivity index (χ2v) is 5.28. The topological polar surface area (TPSA) is 3.24 Å². The van der Waals surface area contributed by atoms with Gasteiger partial charge in [0.25, 0.3) is 0 Å². The molecule has 0 radical (unpaired) electrons. The maximum Gasteiger partial charge on any atom is 0.00865 e. The molecular formula is C16H25N. The van der Waals surface area contributed by atoms with Crippen LogP contribution in [0.25, 0.3) is 0 Å². The van der Waals surface area contributed by atoms with Crippen LogP contribution in [-0.2, 0) is 11.8 Å². The van der Waals surface area contributed by atoms with Crippen LogP contribution in [0.5, 0.6) is 0 Å². The number of benzene rings is 1. The van der Waals surface area contributed by atoms with Crippen molar-refractivity contribution in [1.82, 2.24) is 4.90 Å². The minimum Gasteiger partial charge on any atom is -0.305 e. The molecular weight excluding hydrogens is 206 g/mol. The molecule has 1 atom stereocenters. The number of nitrogens with zero attached hydrogens (tertiary/aromatic N) is 1. The SMILES string of the molecule is CC.CN1CCCC2(CCc3ccccc32)C1. The van der Waals surface area contributed by atoms with E-state index in [4.69, 9.17) is 0 Å². The zero-order valence-corrected chi connectivity index (χ0v) is 11.5. The lowest BCUT2D eigenvalue weighted by Crippen LogP contribution is -2.42.